The Hall–Kier alpha value is -4.98. The zero-order valence-corrected chi connectivity index (χ0v) is 19.4. The van der Waals surface area contributed by atoms with Gasteiger partial charge in [0.1, 0.15) is 11.4 Å². The molecule has 0 fully saturated rings. The van der Waals surface area contributed by atoms with Gasteiger partial charge < -0.3 is 14.7 Å². The highest BCUT2D eigenvalue weighted by atomic mass is 16.5. The Labute approximate surface area is 204 Å². The van der Waals surface area contributed by atoms with Gasteiger partial charge in [-0.2, -0.15) is 0 Å². The van der Waals surface area contributed by atoms with Gasteiger partial charge in [0.15, 0.2) is 0 Å². The number of fused-ring (bicyclic) bond motifs is 2. The Bertz CT molecular complexity index is 1850. The highest BCUT2D eigenvalue weighted by molar-refractivity contribution is 5.97. The Morgan fingerprint density at radius 2 is 1.72 bits per heavy atom. The molecule has 2 aromatic carbocycles. The van der Waals surface area contributed by atoms with E-state index in [1.807, 2.05) is 42.6 Å². The van der Waals surface area contributed by atoms with Crippen molar-refractivity contribution in [2.75, 3.05) is 7.11 Å². The number of nitrogens with zero attached hydrogens (tertiary/aromatic N) is 3. The fourth-order valence-corrected chi connectivity index (χ4v) is 4.50. The summed E-state index contributed by atoms with van der Waals surface area (Å²) in [5, 5.41) is 1.37. The number of nitrogens with one attached hydrogen (secondary N) is 2. The van der Waals surface area contributed by atoms with Gasteiger partial charge in [0.05, 0.1) is 24.6 Å². The van der Waals surface area contributed by atoms with E-state index in [1.54, 1.807) is 50.0 Å². The van der Waals surface area contributed by atoms with Crippen molar-refractivity contribution in [3.8, 4) is 28.0 Å². The maximum atomic E-state index is 13.3. The SMILES string of the molecule is COc1ccccc1-c1c[nH]c2ncc(-c3ccc4[nH]c(=O)n(Cc5ccncc5)c(=O)c4c3)cc12. The number of H-pyrrole nitrogens is 2. The van der Waals surface area contributed by atoms with Crippen molar-refractivity contribution in [2.45, 2.75) is 6.54 Å². The third-order valence-electron chi connectivity index (χ3n) is 6.33. The first-order valence-electron chi connectivity index (χ1n) is 11.4. The number of aromatic amines is 2. The predicted molar refractivity (Wildman–Crippen MR) is 139 cm³/mol. The first kappa shape index (κ1) is 21.5. The smallest absolute Gasteiger partial charge is 0.329 e. The zero-order chi connectivity index (χ0) is 24.6. The van der Waals surface area contributed by atoms with E-state index in [9.17, 15) is 9.59 Å². The van der Waals surface area contributed by atoms with Gasteiger partial charge in [-0.25, -0.2) is 9.78 Å². The van der Waals surface area contributed by atoms with E-state index in [-0.39, 0.29) is 12.1 Å². The molecule has 6 aromatic rings. The van der Waals surface area contributed by atoms with E-state index in [2.05, 4.69) is 19.9 Å². The van der Waals surface area contributed by atoms with Crippen molar-refractivity contribution in [3.05, 3.63) is 112 Å². The van der Waals surface area contributed by atoms with Crippen LogP contribution < -0.4 is 16.0 Å². The van der Waals surface area contributed by atoms with Crippen molar-refractivity contribution in [1.82, 2.24) is 24.5 Å². The Balaban J connectivity index is 1.47. The standard InChI is InChI=1S/C28H21N5O3/c1-36-25-5-3-2-4-20(25)23-15-31-26-21(23)13-19(14-30-26)18-6-7-24-22(12-18)27(34)33(28(35)32-24)16-17-8-10-29-11-9-17/h2-15H,16H2,1H3,(H,30,31)(H,32,35). The average Bonchev–Trinajstić information content (AvgIpc) is 3.34. The van der Waals surface area contributed by atoms with Gasteiger partial charge in [-0.05, 0) is 47.5 Å². The topological polar surface area (TPSA) is 106 Å². The van der Waals surface area contributed by atoms with Crippen molar-refractivity contribution in [2.24, 2.45) is 0 Å². The van der Waals surface area contributed by atoms with Crippen molar-refractivity contribution in [1.29, 1.82) is 0 Å². The quantitative estimate of drug-likeness (QED) is 0.386. The molecule has 0 aliphatic rings. The van der Waals surface area contributed by atoms with Gasteiger partial charge in [0.25, 0.3) is 5.56 Å². The van der Waals surface area contributed by atoms with Crippen LogP contribution in [-0.2, 0) is 6.54 Å². The number of benzene rings is 2. The fraction of sp³-hybridized carbons (Fsp3) is 0.0714. The van der Waals surface area contributed by atoms with Crippen LogP contribution in [0, 0.1) is 0 Å². The van der Waals surface area contributed by atoms with Crippen LogP contribution >= 0.6 is 0 Å². The molecule has 8 heteroatoms. The number of rotatable bonds is 5. The summed E-state index contributed by atoms with van der Waals surface area (Å²) >= 11 is 0. The number of methoxy groups -OCH3 is 1. The second kappa shape index (κ2) is 8.66. The predicted octanol–water partition coefficient (Wildman–Crippen LogP) is 4.35. The third kappa shape index (κ3) is 3.65. The molecule has 0 spiro atoms. The van der Waals surface area contributed by atoms with Gasteiger partial charge in [-0.15, -0.1) is 0 Å². The molecule has 8 nitrogen and oxygen atoms in total. The molecule has 0 bridgehead atoms. The molecule has 0 atom stereocenters. The summed E-state index contributed by atoms with van der Waals surface area (Å²) in [4.78, 5) is 40.6. The van der Waals surface area contributed by atoms with Crippen LogP contribution in [0.4, 0.5) is 0 Å². The summed E-state index contributed by atoms with van der Waals surface area (Å²) < 4.78 is 6.76. The molecule has 0 radical (unpaired) electrons. The summed E-state index contributed by atoms with van der Waals surface area (Å²) in [5.41, 5.74) is 4.87. The molecule has 0 saturated heterocycles. The minimum absolute atomic E-state index is 0.163. The van der Waals surface area contributed by atoms with Crippen molar-refractivity contribution < 1.29 is 4.74 Å². The lowest BCUT2D eigenvalue weighted by Crippen LogP contribution is -2.35. The van der Waals surface area contributed by atoms with E-state index in [1.165, 1.54) is 4.57 Å². The number of aromatic nitrogens is 5. The van der Waals surface area contributed by atoms with Crippen LogP contribution in [0.3, 0.4) is 0 Å². The molecule has 0 aliphatic carbocycles. The van der Waals surface area contributed by atoms with Gasteiger partial charge in [0.2, 0.25) is 0 Å². The number of ether oxygens (including phenoxy) is 1. The van der Waals surface area contributed by atoms with E-state index in [4.69, 9.17) is 4.74 Å². The number of hydrogen-bond donors (Lipinski definition) is 2. The molecular formula is C28H21N5O3. The lowest BCUT2D eigenvalue weighted by Gasteiger charge is -2.09. The maximum absolute atomic E-state index is 13.3. The van der Waals surface area contributed by atoms with Crippen molar-refractivity contribution >= 4 is 21.9 Å². The summed E-state index contributed by atoms with van der Waals surface area (Å²) in [5.74, 6) is 0.771. The third-order valence-corrected chi connectivity index (χ3v) is 6.33. The molecule has 0 aliphatic heterocycles. The maximum Gasteiger partial charge on any atom is 0.329 e. The van der Waals surface area contributed by atoms with Crippen LogP contribution in [0.25, 0.3) is 44.2 Å². The molecule has 0 saturated carbocycles. The number of hydrogen-bond acceptors (Lipinski definition) is 5. The molecule has 36 heavy (non-hydrogen) atoms. The summed E-state index contributed by atoms with van der Waals surface area (Å²) in [6, 6.07) is 18.9. The molecule has 4 heterocycles. The van der Waals surface area contributed by atoms with Crippen molar-refractivity contribution in [3.63, 3.8) is 0 Å². The second-order valence-electron chi connectivity index (χ2n) is 8.46. The van der Waals surface area contributed by atoms with Gasteiger partial charge >= 0.3 is 5.69 Å². The lowest BCUT2D eigenvalue weighted by atomic mass is 10.0. The van der Waals surface area contributed by atoms with Crippen LogP contribution in [-0.4, -0.2) is 31.6 Å². The highest BCUT2D eigenvalue weighted by Gasteiger charge is 2.14. The second-order valence-corrected chi connectivity index (χ2v) is 8.46. The average molecular weight is 476 g/mol. The Morgan fingerprint density at radius 1 is 0.917 bits per heavy atom. The molecule has 0 amide bonds. The minimum Gasteiger partial charge on any atom is -0.496 e. The fourth-order valence-electron chi connectivity index (χ4n) is 4.50. The summed E-state index contributed by atoms with van der Waals surface area (Å²) in [6.45, 7) is 0.163. The normalized spacial score (nSPS) is 11.2. The van der Waals surface area contributed by atoms with E-state index < -0.39 is 5.69 Å². The minimum atomic E-state index is -0.450. The monoisotopic (exact) mass is 475 g/mol. The first-order chi connectivity index (χ1) is 17.6. The van der Waals surface area contributed by atoms with Gasteiger partial charge in [-0.3, -0.25) is 14.3 Å². The van der Waals surface area contributed by atoms with Gasteiger partial charge in [0, 0.05) is 46.9 Å². The largest absolute Gasteiger partial charge is 0.496 e. The van der Waals surface area contributed by atoms with Gasteiger partial charge in [-0.1, -0.05) is 24.3 Å². The highest BCUT2D eigenvalue weighted by Crippen LogP contribution is 2.36. The van der Waals surface area contributed by atoms with Crippen LogP contribution in [0.2, 0.25) is 0 Å². The van der Waals surface area contributed by atoms with E-state index in [0.29, 0.717) is 10.9 Å². The lowest BCUT2D eigenvalue weighted by molar-refractivity contribution is 0.416. The van der Waals surface area contributed by atoms with E-state index >= 15 is 0 Å². The Kier molecular flexibility index (Phi) is 5.19. The summed E-state index contributed by atoms with van der Waals surface area (Å²) in [7, 11) is 1.65. The van der Waals surface area contributed by atoms with Crippen LogP contribution in [0.1, 0.15) is 5.56 Å². The Morgan fingerprint density at radius 3 is 2.56 bits per heavy atom. The first-order valence-corrected chi connectivity index (χ1v) is 11.4. The molecule has 4 aromatic heterocycles. The summed E-state index contributed by atoms with van der Waals surface area (Å²) in [6.07, 6.45) is 6.96. The number of pyridine rings is 2. The van der Waals surface area contributed by atoms with E-state index in [0.717, 1.165) is 44.6 Å². The molecule has 176 valence electrons. The van der Waals surface area contributed by atoms with Crippen LogP contribution in [0.15, 0.2) is 95.0 Å². The molecule has 2 N–H and O–H groups in total. The zero-order valence-electron chi connectivity index (χ0n) is 19.4. The number of para-hydroxylation sites is 1. The van der Waals surface area contributed by atoms with Crippen LogP contribution in [0.5, 0.6) is 5.75 Å². The molecule has 6 rings (SSSR count). The molecular weight excluding hydrogens is 454 g/mol. The molecule has 0 unspecified atom stereocenters.